The number of nitrogens with zero attached hydrogens (tertiary/aromatic N) is 3. The van der Waals surface area contributed by atoms with Crippen molar-refractivity contribution in [3.8, 4) is 17.2 Å². The van der Waals surface area contributed by atoms with Gasteiger partial charge in [0.1, 0.15) is 17.2 Å². The monoisotopic (exact) mass is 660 g/mol. The minimum atomic E-state index is -0.521. The number of phenolic OH excluding ortho intramolecular Hbond substituents is 3. The predicted octanol–water partition coefficient (Wildman–Crippen LogP) is 1.63. The molecule has 1 heterocycles. The number of phenols is 3. The van der Waals surface area contributed by atoms with Crippen LogP contribution in [-0.2, 0) is 53.3 Å². The first-order chi connectivity index (χ1) is 22.7. The van der Waals surface area contributed by atoms with Crippen molar-refractivity contribution in [3.05, 3.63) is 86.5 Å². The number of rotatable bonds is 12. The zero-order chi connectivity index (χ0) is 35.1. The number of benzene rings is 3. The Labute approximate surface area is 281 Å². The lowest BCUT2D eigenvalue weighted by Gasteiger charge is -2.27. The Balaban J connectivity index is 1.64. The van der Waals surface area contributed by atoms with Crippen LogP contribution in [0.25, 0.3) is 0 Å². The van der Waals surface area contributed by atoms with Gasteiger partial charge in [-0.1, -0.05) is 53.1 Å². The average molecular weight is 661 g/mol. The van der Waals surface area contributed by atoms with Crippen molar-refractivity contribution in [1.29, 1.82) is 0 Å². The van der Waals surface area contributed by atoms with Gasteiger partial charge in [-0.2, -0.15) is 0 Å². The third-order valence-electron chi connectivity index (χ3n) is 8.71. The van der Waals surface area contributed by atoms with Crippen LogP contribution in [0.5, 0.6) is 17.2 Å². The van der Waals surface area contributed by atoms with Crippen molar-refractivity contribution in [2.24, 2.45) is 17.2 Å². The summed E-state index contributed by atoms with van der Waals surface area (Å²) in [5, 5.41) is 33.2. The largest absolute Gasteiger partial charge is 0.507 e. The molecule has 258 valence electrons. The van der Waals surface area contributed by atoms with Gasteiger partial charge in [-0.25, -0.2) is 0 Å². The van der Waals surface area contributed by atoms with Gasteiger partial charge in [0, 0.05) is 92.3 Å². The van der Waals surface area contributed by atoms with E-state index in [0.717, 1.165) is 16.7 Å². The second-order valence-corrected chi connectivity index (χ2v) is 13.1. The fraction of sp³-hybridized carbons (Fsp3) is 0.417. The number of carbonyl (C=O) groups excluding carboxylic acids is 3. The van der Waals surface area contributed by atoms with Crippen molar-refractivity contribution in [2.75, 3.05) is 39.3 Å². The number of aromatic hydroxyl groups is 3. The fourth-order valence-electron chi connectivity index (χ4n) is 6.51. The molecule has 48 heavy (non-hydrogen) atoms. The van der Waals surface area contributed by atoms with Gasteiger partial charge in [0.05, 0.1) is 19.3 Å². The molecule has 3 aromatic carbocycles. The summed E-state index contributed by atoms with van der Waals surface area (Å²) in [6, 6.07) is 11.1. The molecule has 0 bridgehead atoms. The highest BCUT2D eigenvalue weighted by Crippen LogP contribution is 2.30. The van der Waals surface area contributed by atoms with E-state index in [-0.39, 0.29) is 36.5 Å². The Morgan fingerprint density at radius 3 is 0.896 bits per heavy atom. The van der Waals surface area contributed by atoms with E-state index in [2.05, 4.69) is 14.7 Å². The lowest BCUT2D eigenvalue weighted by Crippen LogP contribution is -2.35. The molecule has 0 aromatic heterocycles. The number of carbonyl (C=O) groups is 3. The molecule has 12 nitrogen and oxygen atoms in total. The SMILES string of the molecule is Cc1cc(CC(N)=O)c(O)c(CN2CCN(Cc3cc(C)cc(CC(N)=O)c3O)CCN(Cc3cc(C)cc(CC(N)=O)c3O)CC2)c1. The molecule has 0 spiro atoms. The molecule has 1 aliphatic heterocycles. The molecule has 0 atom stereocenters. The topological polar surface area (TPSA) is 200 Å². The van der Waals surface area contributed by atoms with Crippen LogP contribution < -0.4 is 17.2 Å². The summed E-state index contributed by atoms with van der Waals surface area (Å²) in [7, 11) is 0. The maximum atomic E-state index is 11.7. The Bertz CT molecular complexity index is 1470. The van der Waals surface area contributed by atoms with Crippen molar-refractivity contribution < 1.29 is 29.7 Å². The highest BCUT2D eigenvalue weighted by Gasteiger charge is 2.22. The molecular weight excluding hydrogens is 612 g/mol. The average Bonchev–Trinajstić information content (AvgIpc) is 3.06. The van der Waals surface area contributed by atoms with Gasteiger partial charge in [0.25, 0.3) is 0 Å². The van der Waals surface area contributed by atoms with E-state index in [1.165, 1.54) is 0 Å². The first kappa shape index (κ1) is 36.2. The quantitative estimate of drug-likeness (QED) is 0.167. The van der Waals surface area contributed by atoms with E-state index in [1.807, 2.05) is 39.0 Å². The molecule has 3 aromatic rings. The van der Waals surface area contributed by atoms with Gasteiger partial charge in [0.2, 0.25) is 17.7 Å². The second-order valence-electron chi connectivity index (χ2n) is 13.1. The van der Waals surface area contributed by atoms with Crippen LogP contribution in [0.1, 0.15) is 50.1 Å². The number of hydrogen-bond acceptors (Lipinski definition) is 9. The van der Waals surface area contributed by atoms with Crippen molar-refractivity contribution in [2.45, 2.75) is 59.7 Å². The molecule has 12 heteroatoms. The molecule has 1 fully saturated rings. The first-order valence-corrected chi connectivity index (χ1v) is 16.1. The van der Waals surface area contributed by atoms with E-state index < -0.39 is 17.7 Å². The number of aryl methyl sites for hydroxylation is 3. The summed E-state index contributed by atoms with van der Waals surface area (Å²) in [6.45, 7) is 10.9. The van der Waals surface area contributed by atoms with Gasteiger partial charge < -0.3 is 32.5 Å². The zero-order valence-corrected chi connectivity index (χ0v) is 28.1. The highest BCUT2D eigenvalue weighted by molar-refractivity contribution is 5.78. The Morgan fingerprint density at radius 1 is 0.479 bits per heavy atom. The predicted molar refractivity (Wildman–Crippen MR) is 183 cm³/mol. The van der Waals surface area contributed by atoms with E-state index in [9.17, 15) is 29.7 Å². The molecule has 0 unspecified atom stereocenters. The number of nitrogens with two attached hydrogens (primary N) is 3. The number of hydrogen-bond donors (Lipinski definition) is 6. The summed E-state index contributed by atoms with van der Waals surface area (Å²) < 4.78 is 0. The molecular formula is C36H48N6O6. The minimum Gasteiger partial charge on any atom is -0.507 e. The fourth-order valence-corrected chi connectivity index (χ4v) is 6.51. The van der Waals surface area contributed by atoms with E-state index in [0.29, 0.717) is 92.3 Å². The van der Waals surface area contributed by atoms with Crippen molar-refractivity contribution >= 4 is 17.7 Å². The van der Waals surface area contributed by atoms with Gasteiger partial charge >= 0.3 is 0 Å². The van der Waals surface area contributed by atoms with Crippen LogP contribution in [0.3, 0.4) is 0 Å². The summed E-state index contributed by atoms with van der Waals surface area (Å²) in [5.74, 6) is -1.38. The third-order valence-corrected chi connectivity index (χ3v) is 8.71. The van der Waals surface area contributed by atoms with E-state index >= 15 is 0 Å². The molecule has 1 aliphatic rings. The van der Waals surface area contributed by atoms with Gasteiger partial charge in [-0.05, 0) is 20.8 Å². The Hall–Kier alpha value is -4.65. The van der Waals surface area contributed by atoms with Crippen LogP contribution in [0.4, 0.5) is 0 Å². The number of amides is 3. The molecule has 9 N–H and O–H groups in total. The highest BCUT2D eigenvalue weighted by atomic mass is 16.3. The summed E-state index contributed by atoms with van der Waals surface area (Å²) in [5.41, 5.74) is 22.6. The van der Waals surface area contributed by atoms with Crippen LogP contribution >= 0.6 is 0 Å². The maximum absolute atomic E-state index is 11.7. The molecule has 0 radical (unpaired) electrons. The molecule has 0 aliphatic carbocycles. The zero-order valence-electron chi connectivity index (χ0n) is 28.1. The molecule has 1 saturated heterocycles. The van der Waals surface area contributed by atoms with Gasteiger partial charge in [-0.3, -0.25) is 29.1 Å². The molecule has 4 rings (SSSR count). The summed E-state index contributed by atoms with van der Waals surface area (Å²) in [6.07, 6.45) is -0.174. The first-order valence-electron chi connectivity index (χ1n) is 16.1. The minimum absolute atomic E-state index is 0.0580. The van der Waals surface area contributed by atoms with Gasteiger partial charge in [-0.15, -0.1) is 0 Å². The maximum Gasteiger partial charge on any atom is 0.221 e. The van der Waals surface area contributed by atoms with Crippen LogP contribution in [-0.4, -0.2) is 87.0 Å². The van der Waals surface area contributed by atoms with Crippen molar-refractivity contribution in [1.82, 2.24) is 14.7 Å². The molecule has 3 amide bonds. The third kappa shape index (κ3) is 9.93. The summed E-state index contributed by atoms with van der Waals surface area (Å²) in [4.78, 5) is 41.7. The molecule has 0 saturated carbocycles. The lowest BCUT2D eigenvalue weighted by molar-refractivity contribution is -0.118. The van der Waals surface area contributed by atoms with Gasteiger partial charge in [0.15, 0.2) is 0 Å². The van der Waals surface area contributed by atoms with E-state index in [4.69, 9.17) is 17.2 Å². The normalized spacial score (nSPS) is 15.1. The van der Waals surface area contributed by atoms with Crippen LogP contribution in [0, 0.1) is 20.8 Å². The summed E-state index contributed by atoms with van der Waals surface area (Å²) >= 11 is 0. The standard InChI is InChI=1S/C36H48N6O6/c1-22-10-25(16-31(37)43)34(46)28(13-22)19-40-4-6-41(20-29-14-23(2)11-26(35(29)47)17-32(38)44)8-9-42(7-5-40)21-30-15-24(3)12-27(36(30)48)18-33(39)45/h10-15,46-48H,4-9,16-21H2,1-3H3,(H2,37,43)(H2,38,44)(H2,39,45). The number of primary amides is 3. The van der Waals surface area contributed by atoms with E-state index in [1.54, 1.807) is 18.2 Å². The smallest absolute Gasteiger partial charge is 0.221 e. The Morgan fingerprint density at radius 2 is 0.688 bits per heavy atom. The second kappa shape index (κ2) is 16.0. The Kier molecular flexibility index (Phi) is 12.0. The van der Waals surface area contributed by atoms with Crippen LogP contribution in [0.2, 0.25) is 0 Å². The van der Waals surface area contributed by atoms with Crippen LogP contribution in [0.15, 0.2) is 36.4 Å². The van der Waals surface area contributed by atoms with Crippen molar-refractivity contribution in [3.63, 3.8) is 0 Å². The lowest BCUT2D eigenvalue weighted by atomic mass is 10.0.